The number of halogens is 8. The number of rotatable bonds is 7. The van der Waals surface area contributed by atoms with Crippen LogP contribution in [0.25, 0.3) is 0 Å². The van der Waals surface area contributed by atoms with Crippen LogP contribution < -0.4 is 10.6 Å². The maximum absolute atomic E-state index is 14.2. The van der Waals surface area contributed by atoms with Crippen molar-refractivity contribution in [3.05, 3.63) is 58.7 Å². The lowest BCUT2D eigenvalue weighted by molar-refractivity contribution is -0.345. The van der Waals surface area contributed by atoms with Crippen LogP contribution >= 0.6 is 0 Å². The molecule has 0 radical (unpaired) electrons. The van der Waals surface area contributed by atoms with E-state index in [1.54, 1.807) is 0 Å². The topological polar surface area (TPSA) is 58.2 Å². The van der Waals surface area contributed by atoms with Gasteiger partial charge in [-0.15, -0.1) is 0 Å². The van der Waals surface area contributed by atoms with E-state index >= 15 is 0 Å². The molecule has 34 heavy (non-hydrogen) atoms. The Labute approximate surface area is 189 Å². The van der Waals surface area contributed by atoms with Crippen LogP contribution in [0, 0.1) is 27.7 Å². The van der Waals surface area contributed by atoms with Gasteiger partial charge in [0.1, 0.15) is 0 Å². The number of carbonyl (C=O) groups is 2. The molecule has 0 aliphatic rings. The normalized spacial score (nSPS) is 12.9. The maximum Gasteiger partial charge on any atom is 0.393 e. The van der Waals surface area contributed by atoms with Crippen molar-refractivity contribution in [3.8, 4) is 0 Å². The Balaban J connectivity index is 2.38. The number of alkyl halides is 8. The third-order valence-electron chi connectivity index (χ3n) is 5.46. The van der Waals surface area contributed by atoms with Gasteiger partial charge in [-0.05, 0) is 62.1 Å². The van der Waals surface area contributed by atoms with Crippen molar-refractivity contribution in [1.82, 2.24) is 0 Å². The van der Waals surface area contributed by atoms with Gasteiger partial charge in [-0.25, -0.2) is 0 Å². The van der Waals surface area contributed by atoms with E-state index in [4.69, 9.17) is 0 Å². The average Bonchev–Trinajstić information content (AvgIpc) is 2.74. The molecule has 0 spiro atoms. The summed E-state index contributed by atoms with van der Waals surface area (Å²) in [6.45, 7) is 5.62. The van der Waals surface area contributed by atoms with Gasteiger partial charge in [0.2, 0.25) is 0 Å². The van der Waals surface area contributed by atoms with Crippen LogP contribution in [-0.4, -0.2) is 35.5 Å². The van der Waals surface area contributed by atoms with Gasteiger partial charge < -0.3 is 10.6 Å². The Morgan fingerprint density at radius 1 is 0.588 bits per heavy atom. The Kier molecular flexibility index (Phi) is 7.07. The molecule has 0 aromatic heterocycles. The summed E-state index contributed by atoms with van der Waals surface area (Å²) in [6, 6.07) is 7.54. The molecule has 2 aromatic carbocycles. The number of aryl methyl sites for hydroxylation is 2. The largest absolute Gasteiger partial charge is 0.393 e. The molecule has 0 unspecified atom stereocenters. The van der Waals surface area contributed by atoms with Gasteiger partial charge in [-0.3, -0.25) is 9.59 Å². The lowest BCUT2D eigenvalue weighted by Crippen LogP contribution is -2.67. The number of amides is 2. The highest BCUT2D eigenvalue weighted by Crippen LogP contribution is 2.53. The Morgan fingerprint density at radius 2 is 0.882 bits per heavy atom. The molecular formula is C22H20F8N2O2. The molecule has 0 aliphatic heterocycles. The van der Waals surface area contributed by atoms with E-state index in [0.29, 0.717) is 11.1 Å². The van der Waals surface area contributed by atoms with E-state index < -0.39 is 46.9 Å². The van der Waals surface area contributed by atoms with Gasteiger partial charge in [0, 0.05) is 11.4 Å². The number of anilines is 2. The molecule has 0 bridgehead atoms. The molecule has 0 saturated heterocycles. The van der Waals surface area contributed by atoms with Crippen LogP contribution in [0.15, 0.2) is 36.4 Å². The zero-order valence-electron chi connectivity index (χ0n) is 18.3. The van der Waals surface area contributed by atoms with Crippen molar-refractivity contribution >= 4 is 23.2 Å². The van der Waals surface area contributed by atoms with Gasteiger partial charge in [-0.1, -0.05) is 24.3 Å². The third-order valence-corrected chi connectivity index (χ3v) is 5.46. The molecule has 2 N–H and O–H groups in total. The molecule has 12 heteroatoms. The van der Waals surface area contributed by atoms with E-state index in [1.165, 1.54) is 62.6 Å². The van der Waals surface area contributed by atoms with Gasteiger partial charge in [-0.2, -0.15) is 35.1 Å². The highest BCUT2D eigenvalue weighted by Gasteiger charge is 2.84. The highest BCUT2D eigenvalue weighted by atomic mass is 19.4. The fourth-order valence-electron chi connectivity index (χ4n) is 2.85. The van der Waals surface area contributed by atoms with E-state index in [2.05, 4.69) is 0 Å². The highest BCUT2D eigenvalue weighted by molar-refractivity contribution is 5.99. The van der Waals surface area contributed by atoms with Crippen LogP contribution in [0.2, 0.25) is 0 Å². The first kappa shape index (κ1) is 27.1. The Bertz CT molecular complexity index is 1030. The SMILES string of the molecule is Cc1cccc(NC(=O)C(F)(F)C(F)(F)C(F)(F)C(F)(F)C(=O)Nc2cccc(C)c2C)c1C. The van der Waals surface area contributed by atoms with Crippen molar-refractivity contribution < 1.29 is 44.7 Å². The molecule has 0 saturated carbocycles. The summed E-state index contributed by atoms with van der Waals surface area (Å²) >= 11 is 0. The minimum Gasteiger partial charge on any atom is -0.320 e. The predicted octanol–water partition coefficient (Wildman–Crippen LogP) is 6.04. The number of hydrogen-bond acceptors (Lipinski definition) is 2. The monoisotopic (exact) mass is 496 g/mol. The second kappa shape index (κ2) is 8.88. The first-order chi connectivity index (χ1) is 15.4. The van der Waals surface area contributed by atoms with Crippen molar-refractivity contribution in [3.63, 3.8) is 0 Å². The number of nitrogens with one attached hydrogen (secondary N) is 2. The zero-order valence-corrected chi connectivity index (χ0v) is 18.3. The summed E-state index contributed by atoms with van der Waals surface area (Å²) in [5.74, 6) is -32.5. The molecule has 0 atom stereocenters. The van der Waals surface area contributed by atoms with Crippen molar-refractivity contribution in [1.29, 1.82) is 0 Å². The van der Waals surface area contributed by atoms with E-state index in [-0.39, 0.29) is 11.1 Å². The van der Waals surface area contributed by atoms with Gasteiger partial charge in [0.15, 0.2) is 0 Å². The second-order valence-corrected chi connectivity index (χ2v) is 7.70. The van der Waals surface area contributed by atoms with Gasteiger partial charge >= 0.3 is 35.5 Å². The summed E-state index contributed by atoms with van der Waals surface area (Å²) in [6.07, 6.45) is 0. The summed E-state index contributed by atoms with van der Waals surface area (Å²) in [7, 11) is 0. The quantitative estimate of drug-likeness (QED) is 0.460. The van der Waals surface area contributed by atoms with Crippen LogP contribution in [0.3, 0.4) is 0 Å². The molecule has 2 aromatic rings. The fraction of sp³-hybridized carbons (Fsp3) is 0.364. The van der Waals surface area contributed by atoms with Gasteiger partial charge in [0.25, 0.3) is 0 Å². The van der Waals surface area contributed by atoms with E-state index in [9.17, 15) is 44.7 Å². The fourth-order valence-corrected chi connectivity index (χ4v) is 2.85. The van der Waals surface area contributed by atoms with Crippen molar-refractivity contribution in [2.24, 2.45) is 0 Å². The molecule has 2 rings (SSSR count). The van der Waals surface area contributed by atoms with E-state index in [0.717, 1.165) is 12.1 Å². The van der Waals surface area contributed by atoms with Crippen LogP contribution in [0.5, 0.6) is 0 Å². The Morgan fingerprint density at radius 3 is 1.18 bits per heavy atom. The first-order valence-electron chi connectivity index (χ1n) is 9.66. The molecule has 4 nitrogen and oxygen atoms in total. The summed E-state index contributed by atoms with van der Waals surface area (Å²) in [5, 5.41) is 2.71. The number of benzene rings is 2. The lowest BCUT2D eigenvalue weighted by Gasteiger charge is -2.35. The summed E-state index contributed by atoms with van der Waals surface area (Å²) in [5.41, 5.74) is 0.354. The number of hydrogen-bond donors (Lipinski definition) is 2. The first-order valence-corrected chi connectivity index (χ1v) is 9.66. The molecule has 186 valence electrons. The molecule has 0 fully saturated rings. The predicted molar refractivity (Wildman–Crippen MR) is 109 cm³/mol. The van der Waals surface area contributed by atoms with Crippen LogP contribution in [0.1, 0.15) is 22.3 Å². The molecule has 0 aliphatic carbocycles. The standard InChI is InChI=1S/C22H20F8N2O2/c1-11-7-5-9-15(13(11)3)31-17(33)19(23,24)21(27,28)22(29,30)20(25,26)18(34)32-16-10-6-8-12(2)14(16)4/h5-10H,1-4H3,(H,31,33)(H,32,34). The molecule has 0 heterocycles. The van der Waals surface area contributed by atoms with E-state index in [1.807, 2.05) is 0 Å². The average molecular weight is 496 g/mol. The van der Waals surface area contributed by atoms with Crippen LogP contribution in [-0.2, 0) is 9.59 Å². The maximum atomic E-state index is 14.2. The lowest BCUT2D eigenvalue weighted by atomic mass is 9.96. The van der Waals surface area contributed by atoms with Crippen LogP contribution in [0.4, 0.5) is 46.5 Å². The van der Waals surface area contributed by atoms with Crippen molar-refractivity contribution in [2.45, 2.75) is 51.4 Å². The Hall–Kier alpha value is -3.18. The van der Waals surface area contributed by atoms with Crippen molar-refractivity contribution in [2.75, 3.05) is 10.6 Å². The minimum absolute atomic E-state index is 0.153. The zero-order chi connectivity index (χ0) is 26.3. The minimum atomic E-state index is -6.95. The molecule has 2 amide bonds. The molecular weight excluding hydrogens is 476 g/mol. The number of carbonyl (C=O) groups excluding carboxylic acids is 2. The summed E-state index contributed by atoms with van der Waals surface area (Å²) in [4.78, 5) is 23.7. The third kappa shape index (κ3) is 4.32. The second-order valence-electron chi connectivity index (χ2n) is 7.70. The summed E-state index contributed by atoms with van der Waals surface area (Å²) < 4.78 is 114. The smallest absolute Gasteiger partial charge is 0.320 e. The van der Waals surface area contributed by atoms with Gasteiger partial charge in [0.05, 0.1) is 0 Å².